The number of fused-ring (bicyclic) bond motifs is 1. The van der Waals surface area contributed by atoms with Crippen LogP contribution >= 0.6 is 0 Å². The minimum absolute atomic E-state index is 0.000794. The predicted molar refractivity (Wildman–Crippen MR) is 99.5 cm³/mol. The van der Waals surface area contributed by atoms with E-state index >= 15 is 0 Å². The van der Waals surface area contributed by atoms with Gasteiger partial charge in [0.25, 0.3) is 5.91 Å². The largest absolute Gasteiger partial charge is 0.483 e. The van der Waals surface area contributed by atoms with E-state index in [1.54, 1.807) is 16.9 Å². The van der Waals surface area contributed by atoms with Gasteiger partial charge in [-0.1, -0.05) is 12.1 Å². The van der Waals surface area contributed by atoms with Crippen molar-refractivity contribution in [3.63, 3.8) is 0 Å². The molecule has 3 heterocycles. The lowest BCUT2D eigenvalue weighted by Gasteiger charge is -2.42. The molecule has 2 aromatic rings. The first kappa shape index (κ1) is 17.6. The number of carbonyl (C=O) groups is 2. The van der Waals surface area contributed by atoms with Crippen molar-refractivity contribution in [1.82, 2.24) is 20.0 Å². The molecule has 7 heteroatoms. The van der Waals surface area contributed by atoms with E-state index in [0.717, 1.165) is 12.8 Å². The Balaban J connectivity index is 1.49. The number of hydrogen-bond acceptors (Lipinski definition) is 4. The molecule has 1 saturated heterocycles. The Morgan fingerprint density at radius 1 is 1.37 bits per heavy atom. The maximum absolute atomic E-state index is 12.9. The van der Waals surface area contributed by atoms with Crippen molar-refractivity contribution in [1.29, 1.82) is 0 Å². The van der Waals surface area contributed by atoms with Crippen LogP contribution in [0.3, 0.4) is 0 Å². The number of aromatic nitrogens is 2. The summed E-state index contributed by atoms with van der Waals surface area (Å²) < 4.78 is 8.12. The average Bonchev–Trinajstić information content (AvgIpc) is 3.18. The number of rotatable bonds is 3. The lowest BCUT2D eigenvalue weighted by atomic mass is 9.92. The summed E-state index contributed by atoms with van der Waals surface area (Å²) in [6.45, 7) is 3.58. The topological polar surface area (TPSA) is 76.5 Å². The minimum Gasteiger partial charge on any atom is -0.483 e. The molecule has 0 aliphatic carbocycles. The van der Waals surface area contributed by atoms with Crippen LogP contribution in [0.25, 0.3) is 0 Å². The molecular formula is C20H24N4O3. The Kier molecular flexibility index (Phi) is 4.59. The second kappa shape index (κ2) is 7.06. The van der Waals surface area contributed by atoms with E-state index in [4.69, 9.17) is 4.74 Å². The summed E-state index contributed by atoms with van der Waals surface area (Å²) in [5.41, 5.74) is -0.0318. The maximum atomic E-state index is 12.9. The zero-order valence-corrected chi connectivity index (χ0v) is 15.4. The van der Waals surface area contributed by atoms with Crippen LogP contribution in [0, 0.1) is 0 Å². The zero-order chi connectivity index (χ0) is 18.9. The van der Waals surface area contributed by atoms with E-state index in [9.17, 15) is 9.59 Å². The van der Waals surface area contributed by atoms with Gasteiger partial charge in [-0.05, 0) is 38.0 Å². The normalized spacial score (nSPS) is 23.1. The van der Waals surface area contributed by atoms with Gasteiger partial charge in [0.1, 0.15) is 11.4 Å². The van der Waals surface area contributed by atoms with Gasteiger partial charge in [-0.15, -0.1) is 0 Å². The van der Waals surface area contributed by atoms with Gasteiger partial charge in [0.05, 0.1) is 24.7 Å². The monoisotopic (exact) mass is 368 g/mol. The van der Waals surface area contributed by atoms with Crippen LogP contribution in [0.15, 0.2) is 42.7 Å². The number of amides is 2. The summed E-state index contributed by atoms with van der Waals surface area (Å²) in [7, 11) is 0. The molecule has 2 amide bonds. The van der Waals surface area contributed by atoms with Gasteiger partial charge < -0.3 is 15.0 Å². The third-order valence-corrected chi connectivity index (χ3v) is 5.37. The Bertz CT molecular complexity index is 836. The lowest BCUT2D eigenvalue weighted by Crippen LogP contribution is -2.58. The number of ether oxygens (including phenoxy) is 1. The van der Waals surface area contributed by atoms with Gasteiger partial charge in [0.2, 0.25) is 5.91 Å². The molecule has 1 aromatic carbocycles. The Hall–Kier alpha value is -2.83. The van der Waals surface area contributed by atoms with E-state index in [1.807, 2.05) is 42.3 Å². The van der Waals surface area contributed by atoms with Crippen LogP contribution in [-0.2, 0) is 4.79 Å². The van der Waals surface area contributed by atoms with Crippen LogP contribution in [-0.4, -0.2) is 51.7 Å². The highest BCUT2D eigenvalue weighted by molar-refractivity contribution is 5.97. The highest BCUT2D eigenvalue weighted by atomic mass is 16.5. The highest BCUT2D eigenvalue weighted by Gasteiger charge is 2.42. The molecule has 0 bridgehead atoms. The summed E-state index contributed by atoms with van der Waals surface area (Å²) in [5, 5.41) is 7.19. The third-order valence-electron chi connectivity index (χ3n) is 5.37. The summed E-state index contributed by atoms with van der Waals surface area (Å²) in [5.74, 6) is 0.550. The van der Waals surface area contributed by atoms with Crippen LogP contribution in [0.1, 0.15) is 42.6 Å². The number of hydrogen-bond donors (Lipinski definition) is 1. The van der Waals surface area contributed by atoms with Crippen molar-refractivity contribution in [3.8, 4) is 5.75 Å². The van der Waals surface area contributed by atoms with E-state index < -0.39 is 5.60 Å². The second-order valence-corrected chi connectivity index (χ2v) is 7.42. The van der Waals surface area contributed by atoms with Crippen molar-refractivity contribution in [2.24, 2.45) is 0 Å². The number of likely N-dealkylation sites (tertiary alicyclic amines) is 1. The van der Waals surface area contributed by atoms with Crippen molar-refractivity contribution in [2.45, 2.75) is 37.8 Å². The molecule has 142 valence electrons. The van der Waals surface area contributed by atoms with Gasteiger partial charge in [-0.25, -0.2) is 0 Å². The summed E-state index contributed by atoms with van der Waals surface area (Å²) >= 11 is 0. The molecule has 1 N–H and O–H groups in total. The number of nitrogens with zero attached hydrogens (tertiary/aromatic N) is 3. The van der Waals surface area contributed by atoms with Crippen molar-refractivity contribution in [2.75, 3.05) is 19.6 Å². The van der Waals surface area contributed by atoms with E-state index in [2.05, 4.69) is 10.4 Å². The average molecular weight is 368 g/mol. The van der Waals surface area contributed by atoms with Crippen LogP contribution in [0.5, 0.6) is 5.75 Å². The minimum atomic E-state index is -0.578. The molecule has 0 saturated carbocycles. The Labute approximate surface area is 158 Å². The number of para-hydroxylation sites is 1. The molecular weight excluding hydrogens is 344 g/mol. The van der Waals surface area contributed by atoms with Crippen molar-refractivity contribution in [3.05, 3.63) is 48.3 Å². The maximum Gasteiger partial charge on any atom is 0.255 e. The fraction of sp³-hybridized carbons (Fsp3) is 0.450. The molecule has 1 fully saturated rings. The molecule has 2 aliphatic rings. The van der Waals surface area contributed by atoms with E-state index in [0.29, 0.717) is 37.4 Å². The van der Waals surface area contributed by atoms with Gasteiger partial charge >= 0.3 is 0 Å². The van der Waals surface area contributed by atoms with Gasteiger partial charge in [0, 0.05) is 25.4 Å². The molecule has 0 radical (unpaired) electrons. The molecule has 2 aliphatic heterocycles. The third kappa shape index (κ3) is 3.54. The fourth-order valence-corrected chi connectivity index (χ4v) is 3.90. The van der Waals surface area contributed by atoms with Crippen LogP contribution < -0.4 is 10.1 Å². The second-order valence-electron chi connectivity index (χ2n) is 7.42. The lowest BCUT2D eigenvalue weighted by molar-refractivity contribution is -0.137. The van der Waals surface area contributed by atoms with Gasteiger partial charge in [-0.3, -0.25) is 14.3 Å². The van der Waals surface area contributed by atoms with Gasteiger partial charge in [-0.2, -0.15) is 5.10 Å². The van der Waals surface area contributed by atoms with Crippen molar-refractivity contribution >= 4 is 11.8 Å². The summed E-state index contributed by atoms with van der Waals surface area (Å²) in [4.78, 5) is 27.1. The quantitative estimate of drug-likeness (QED) is 0.899. The molecule has 2 unspecified atom stereocenters. The molecule has 4 rings (SSSR count). The van der Waals surface area contributed by atoms with Crippen LogP contribution in [0.4, 0.5) is 0 Å². The fourth-order valence-electron chi connectivity index (χ4n) is 3.90. The molecule has 1 spiro atoms. The zero-order valence-electron chi connectivity index (χ0n) is 15.4. The summed E-state index contributed by atoms with van der Waals surface area (Å²) in [6.07, 6.45) is 5.63. The molecule has 27 heavy (non-hydrogen) atoms. The smallest absolute Gasteiger partial charge is 0.255 e. The Morgan fingerprint density at radius 3 is 3.04 bits per heavy atom. The molecule has 1 aromatic heterocycles. The highest BCUT2D eigenvalue weighted by Crippen LogP contribution is 2.32. The number of nitrogens with one attached hydrogen (secondary N) is 1. The first-order valence-corrected chi connectivity index (χ1v) is 9.39. The first-order chi connectivity index (χ1) is 13.1. The van der Waals surface area contributed by atoms with Crippen LogP contribution in [0.2, 0.25) is 0 Å². The predicted octanol–water partition coefficient (Wildman–Crippen LogP) is 2.02. The van der Waals surface area contributed by atoms with Crippen molar-refractivity contribution < 1.29 is 14.3 Å². The molecule has 7 nitrogen and oxygen atoms in total. The number of benzene rings is 1. The van der Waals surface area contributed by atoms with E-state index in [-0.39, 0.29) is 17.9 Å². The standard InChI is InChI=1S/C20H24N4O3/c1-15(24-11-5-9-22-24)12-18(25)23-10-4-8-20(14-23)13-21-19(26)16-6-2-3-7-17(16)27-20/h2-3,5-7,9,11,15H,4,8,10,12-14H2,1H3,(H,21,26). The number of carbonyl (C=O) groups excluding carboxylic acids is 2. The SMILES string of the molecule is CC(CC(=O)N1CCCC2(CNC(=O)c3ccccc3O2)C1)n1cccn1. The number of piperidine rings is 1. The van der Waals surface area contributed by atoms with E-state index in [1.165, 1.54) is 0 Å². The summed E-state index contributed by atoms with van der Waals surface area (Å²) in [6, 6.07) is 9.14. The molecule has 2 atom stereocenters. The first-order valence-electron chi connectivity index (χ1n) is 9.39. The Morgan fingerprint density at radius 2 is 2.22 bits per heavy atom. The van der Waals surface area contributed by atoms with Gasteiger partial charge in [0.15, 0.2) is 0 Å².